The van der Waals surface area contributed by atoms with Crippen LogP contribution < -0.4 is 0 Å². The lowest BCUT2D eigenvalue weighted by Gasteiger charge is -2.11. The molecule has 0 heterocycles. The second-order valence-electron chi connectivity index (χ2n) is 5.39. The van der Waals surface area contributed by atoms with Gasteiger partial charge in [-0.3, -0.25) is 4.79 Å². The van der Waals surface area contributed by atoms with Gasteiger partial charge in [0.2, 0.25) is 0 Å². The van der Waals surface area contributed by atoms with Crippen molar-refractivity contribution in [2.24, 2.45) is 0 Å². The number of carbonyl (C=O) groups is 1. The van der Waals surface area contributed by atoms with Crippen molar-refractivity contribution in [1.29, 1.82) is 0 Å². The lowest BCUT2D eigenvalue weighted by Crippen LogP contribution is -2.04. The molecule has 0 aliphatic rings. The van der Waals surface area contributed by atoms with Crippen molar-refractivity contribution in [2.45, 2.75) is 6.92 Å². The molecule has 114 valence electrons. The molecule has 0 saturated carbocycles. The first kappa shape index (κ1) is 15.5. The van der Waals surface area contributed by atoms with Crippen molar-refractivity contribution in [1.82, 2.24) is 0 Å². The topological polar surface area (TPSA) is 37.3 Å². The Balaban J connectivity index is 2.04. The number of ketones is 1. The highest BCUT2D eigenvalue weighted by molar-refractivity contribution is 9.10. The maximum absolute atomic E-state index is 12.6. The number of halogens is 1. The average molecular weight is 367 g/mol. The molecule has 0 unspecified atom stereocenters. The summed E-state index contributed by atoms with van der Waals surface area (Å²) in [6.45, 7) is 1.85. The molecule has 3 aromatic carbocycles. The molecular weight excluding hydrogens is 352 g/mol. The highest BCUT2D eigenvalue weighted by atomic mass is 79.9. The summed E-state index contributed by atoms with van der Waals surface area (Å²) in [6.07, 6.45) is 0. The molecule has 3 heteroatoms. The maximum atomic E-state index is 12.6. The fraction of sp³-hybridized carbons (Fsp3) is 0.0500. The van der Waals surface area contributed by atoms with Crippen LogP contribution in [0, 0.1) is 6.92 Å². The van der Waals surface area contributed by atoms with Crippen LogP contribution in [-0.4, -0.2) is 10.9 Å². The Morgan fingerprint density at radius 3 is 2.17 bits per heavy atom. The van der Waals surface area contributed by atoms with Gasteiger partial charge in [-0.2, -0.15) is 0 Å². The van der Waals surface area contributed by atoms with E-state index in [1.807, 2.05) is 55.5 Å². The number of rotatable bonds is 3. The summed E-state index contributed by atoms with van der Waals surface area (Å²) in [6, 6.07) is 20.4. The first-order valence-electron chi connectivity index (χ1n) is 7.25. The summed E-state index contributed by atoms with van der Waals surface area (Å²) in [4.78, 5) is 12.6. The minimum absolute atomic E-state index is 0.0109. The molecule has 1 N–H and O–H groups in total. The lowest BCUT2D eigenvalue weighted by molar-refractivity contribution is 0.103. The zero-order valence-electron chi connectivity index (χ0n) is 12.6. The van der Waals surface area contributed by atoms with Crippen molar-refractivity contribution in [3.05, 3.63) is 87.9 Å². The van der Waals surface area contributed by atoms with Crippen molar-refractivity contribution in [3.8, 4) is 16.9 Å². The summed E-state index contributed by atoms with van der Waals surface area (Å²) in [5.41, 5.74) is 3.57. The Morgan fingerprint density at radius 1 is 0.913 bits per heavy atom. The second kappa shape index (κ2) is 6.39. The molecule has 0 radical (unpaired) electrons. The van der Waals surface area contributed by atoms with E-state index < -0.39 is 0 Å². The summed E-state index contributed by atoms with van der Waals surface area (Å²) in [5.74, 6) is -0.153. The predicted octanol–water partition coefficient (Wildman–Crippen LogP) is 5.36. The molecule has 3 aromatic rings. The van der Waals surface area contributed by atoms with Gasteiger partial charge < -0.3 is 5.11 Å². The minimum Gasteiger partial charge on any atom is -0.507 e. The third-order valence-corrected chi connectivity index (χ3v) is 4.28. The van der Waals surface area contributed by atoms with Gasteiger partial charge in [0, 0.05) is 10.0 Å². The zero-order chi connectivity index (χ0) is 16.4. The summed E-state index contributed by atoms with van der Waals surface area (Å²) in [5, 5.41) is 10.4. The Kier molecular flexibility index (Phi) is 4.30. The van der Waals surface area contributed by atoms with E-state index in [0.29, 0.717) is 11.1 Å². The highest BCUT2D eigenvalue weighted by Gasteiger charge is 2.17. The zero-order valence-corrected chi connectivity index (χ0v) is 14.2. The van der Waals surface area contributed by atoms with Gasteiger partial charge in [-0.05, 0) is 41.8 Å². The van der Waals surface area contributed by atoms with Crippen molar-refractivity contribution >= 4 is 21.7 Å². The molecule has 2 nitrogen and oxygen atoms in total. The van der Waals surface area contributed by atoms with Crippen LogP contribution in [0.5, 0.6) is 5.75 Å². The summed E-state index contributed by atoms with van der Waals surface area (Å²) in [7, 11) is 0. The van der Waals surface area contributed by atoms with E-state index >= 15 is 0 Å². The Morgan fingerprint density at radius 2 is 1.57 bits per heavy atom. The number of hydrogen-bond acceptors (Lipinski definition) is 2. The smallest absolute Gasteiger partial charge is 0.197 e. The number of phenols is 1. The first-order valence-corrected chi connectivity index (χ1v) is 8.05. The van der Waals surface area contributed by atoms with Gasteiger partial charge in [0.15, 0.2) is 5.78 Å². The van der Waals surface area contributed by atoms with Crippen molar-refractivity contribution in [3.63, 3.8) is 0 Å². The molecular formula is C20H15BrO2. The van der Waals surface area contributed by atoms with Crippen LogP contribution in [0.3, 0.4) is 0 Å². The van der Waals surface area contributed by atoms with Gasteiger partial charge in [-0.25, -0.2) is 0 Å². The fourth-order valence-corrected chi connectivity index (χ4v) is 2.87. The molecule has 0 saturated heterocycles. The number of carbonyl (C=O) groups excluding carboxylic acids is 1. The molecule has 3 rings (SSSR count). The third-order valence-electron chi connectivity index (χ3n) is 3.76. The van der Waals surface area contributed by atoms with Gasteiger partial charge >= 0.3 is 0 Å². The third kappa shape index (κ3) is 3.20. The standard InChI is InChI=1S/C20H15BrO2/c1-13-11-16(14-7-9-17(21)10-8-14)12-18(22)19(13)20(23)15-5-3-2-4-6-15/h2-12,22H,1H3. The van der Waals surface area contributed by atoms with E-state index in [1.54, 1.807) is 18.2 Å². The molecule has 23 heavy (non-hydrogen) atoms. The van der Waals surface area contributed by atoms with Crippen LogP contribution >= 0.6 is 15.9 Å². The normalized spacial score (nSPS) is 10.5. The van der Waals surface area contributed by atoms with Crippen LogP contribution in [0.1, 0.15) is 21.5 Å². The molecule has 0 spiro atoms. The van der Waals surface area contributed by atoms with E-state index in [4.69, 9.17) is 0 Å². The monoisotopic (exact) mass is 366 g/mol. The average Bonchev–Trinajstić information content (AvgIpc) is 2.55. The molecule has 0 amide bonds. The predicted molar refractivity (Wildman–Crippen MR) is 95.9 cm³/mol. The van der Waals surface area contributed by atoms with Crippen LogP contribution in [0.15, 0.2) is 71.2 Å². The van der Waals surface area contributed by atoms with E-state index in [-0.39, 0.29) is 11.5 Å². The second-order valence-corrected chi connectivity index (χ2v) is 6.30. The van der Waals surface area contributed by atoms with Gasteiger partial charge in [0.25, 0.3) is 0 Å². The first-order chi connectivity index (χ1) is 11.1. The van der Waals surface area contributed by atoms with Gasteiger partial charge in [-0.1, -0.05) is 64.5 Å². The molecule has 0 aliphatic heterocycles. The van der Waals surface area contributed by atoms with Crippen LogP contribution in [0.4, 0.5) is 0 Å². The van der Waals surface area contributed by atoms with E-state index in [0.717, 1.165) is 21.2 Å². The SMILES string of the molecule is Cc1cc(-c2ccc(Br)cc2)cc(O)c1C(=O)c1ccccc1. The van der Waals surface area contributed by atoms with Gasteiger partial charge in [0.1, 0.15) is 5.75 Å². The minimum atomic E-state index is -0.164. The number of aromatic hydroxyl groups is 1. The maximum Gasteiger partial charge on any atom is 0.197 e. The highest BCUT2D eigenvalue weighted by Crippen LogP contribution is 2.31. The van der Waals surface area contributed by atoms with Crippen molar-refractivity contribution < 1.29 is 9.90 Å². The molecule has 0 fully saturated rings. The molecule has 0 atom stereocenters. The molecule has 0 aromatic heterocycles. The molecule has 0 bridgehead atoms. The van der Waals surface area contributed by atoms with Crippen LogP contribution in [0.2, 0.25) is 0 Å². The lowest BCUT2D eigenvalue weighted by atomic mass is 9.94. The summed E-state index contributed by atoms with van der Waals surface area (Å²) >= 11 is 3.41. The Bertz CT molecular complexity index is 830. The number of benzene rings is 3. The van der Waals surface area contributed by atoms with E-state index in [1.165, 1.54) is 0 Å². The number of hydrogen-bond donors (Lipinski definition) is 1. The number of aryl methyl sites for hydroxylation is 1. The summed E-state index contributed by atoms with van der Waals surface area (Å²) < 4.78 is 0.998. The van der Waals surface area contributed by atoms with Crippen LogP contribution in [0.25, 0.3) is 11.1 Å². The van der Waals surface area contributed by atoms with E-state index in [9.17, 15) is 9.90 Å². The largest absolute Gasteiger partial charge is 0.507 e. The fourth-order valence-electron chi connectivity index (χ4n) is 2.61. The molecule has 0 aliphatic carbocycles. The van der Waals surface area contributed by atoms with Crippen LogP contribution in [-0.2, 0) is 0 Å². The van der Waals surface area contributed by atoms with E-state index in [2.05, 4.69) is 15.9 Å². The number of phenolic OH excluding ortho intramolecular Hbond substituents is 1. The Labute approximate surface area is 143 Å². The Hall–Kier alpha value is -2.39. The van der Waals surface area contributed by atoms with Gasteiger partial charge in [0.05, 0.1) is 5.56 Å². The quantitative estimate of drug-likeness (QED) is 0.633. The van der Waals surface area contributed by atoms with Crippen molar-refractivity contribution in [2.75, 3.05) is 0 Å². The van der Waals surface area contributed by atoms with Gasteiger partial charge in [-0.15, -0.1) is 0 Å².